The van der Waals surface area contributed by atoms with Crippen LogP contribution in [0.4, 0.5) is 0 Å². The molecule has 1 N–H and O–H groups in total. The van der Waals surface area contributed by atoms with Gasteiger partial charge in [-0.25, -0.2) is 0 Å². The number of hydrogen-bond donors (Lipinski definition) is 1. The van der Waals surface area contributed by atoms with Gasteiger partial charge in [-0.15, -0.1) is 0 Å². The van der Waals surface area contributed by atoms with E-state index in [-0.39, 0.29) is 5.91 Å². The van der Waals surface area contributed by atoms with Crippen molar-refractivity contribution >= 4 is 5.91 Å². The first kappa shape index (κ1) is 14.8. The Balaban J connectivity index is 1.57. The van der Waals surface area contributed by atoms with Crippen LogP contribution in [0.25, 0.3) is 0 Å². The molecule has 1 aliphatic carbocycles. The van der Waals surface area contributed by atoms with Crippen LogP contribution >= 0.6 is 0 Å². The fraction of sp³-hybridized carbons (Fsp3) is 0.929. The molecule has 19 heavy (non-hydrogen) atoms. The maximum absolute atomic E-state index is 12.0. The number of carbonyl (C=O) groups excluding carboxylic acids is 1. The zero-order valence-electron chi connectivity index (χ0n) is 12.4. The number of nitrogens with one attached hydrogen (secondary N) is 1. The summed E-state index contributed by atoms with van der Waals surface area (Å²) in [6, 6.07) is 0. The minimum absolute atomic E-state index is 0.271. The number of amides is 1. The van der Waals surface area contributed by atoms with Gasteiger partial charge in [0, 0.05) is 39.3 Å². The van der Waals surface area contributed by atoms with Gasteiger partial charge in [0.05, 0.1) is 6.54 Å². The quantitative estimate of drug-likeness (QED) is 0.688. The van der Waals surface area contributed by atoms with Crippen LogP contribution in [0, 0.1) is 5.92 Å². The van der Waals surface area contributed by atoms with Crippen molar-refractivity contribution in [3.63, 3.8) is 0 Å². The van der Waals surface area contributed by atoms with Gasteiger partial charge in [0.15, 0.2) is 0 Å². The summed E-state index contributed by atoms with van der Waals surface area (Å²) < 4.78 is 0. The average molecular weight is 268 g/mol. The summed E-state index contributed by atoms with van der Waals surface area (Å²) >= 11 is 0. The lowest BCUT2D eigenvalue weighted by molar-refractivity contribution is -0.132. The first-order valence-electron chi connectivity index (χ1n) is 7.50. The van der Waals surface area contributed by atoms with Gasteiger partial charge < -0.3 is 15.1 Å². The second-order valence-corrected chi connectivity index (χ2v) is 6.10. The third-order valence-electron chi connectivity index (χ3n) is 3.99. The van der Waals surface area contributed by atoms with E-state index in [0.29, 0.717) is 6.54 Å². The predicted molar refractivity (Wildman–Crippen MR) is 77.2 cm³/mol. The monoisotopic (exact) mass is 268 g/mol. The van der Waals surface area contributed by atoms with Gasteiger partial charge in [-0.1, -0.05) is 0 Å². The maximum Gasteiger partial charge on any atom is 0.236 e. The Morgan fingerprint density at radius 1 is 1.21 bits per heavy atom. The van der Waals surface area contributed by atoms with Crippen molar-refractivity contribution < 1.29 is 4.79 Å². The molecule has 2 rings (SSSR count). The van der Waals surface area contributed by atoms with E-state index in [4.69, 9.17) is 0 Å². The molecule has 0 radical (unpaired) electrons. The lowest BCUT2D eigenvalue weighted by Gasteiger charge is -2.35. The van der Waals surface area contributed by atoms with Gasteiger partial charge in [0.25, 0.3) is 0 Å². The minimum atomic E-state index is 0.271. The Hall–Kier alpha value is -0.650. The first-order chi connectivity index (χ1) is 9.15. The SMILES string of the molecule is CN(C)CCN1CCN(C(=O)CNCC2CC2)CC1. The highest BCUT2D eigenvalue weighted by Gasteiger charge is 2.23. The molecular formula is C14H28N4O. The minimum Gasteiger partial charge on any atom is -0.339 e. The maximum atomic E-state index is 12.0. The largest absolute Gasteiger partial charge is 0.339 e. The fourth-order valence-corrected chi connectivity index (χ4v) is 2.38. The molecule has 1 amide bonds. The van der Waals surface area contributed by atoms with Gasteiger partial charge >= 0.3 is 0 Å². The molecule has 0 unspecified atom stereocenters. The summed E-state index contributed by atoms with van der Waals surface area (Å²) in [5.41, 5.74) is 0. The van der Waals surface area contributed by atoms with Crippen molar-refractivity contribution in [2.75, 3.05) is 66.5 Å². The average Bonchev–Trinajstić information content (AvgIpc) is 3.21. The van der Waals surface area contributed by atoms with Crippen LogP contribution in [0.2, 0.25) is 0 Å². The van der Waals surface area contributed by atoms with E-state index in [1.54, 1.807) is 0 Å². The standard InChI is InChI=1S/C14H28N4O/c1-16(2)5-6-17-7-9-18(10-8-17)14(19)12-15-11-13-3-4-13/h13,15H,3-12H2,1-2H3. The van der Waals surface area contributed by atoms with Crippen LogP contribution in [-0.4, -0.2) is 87.1 Å². The summed E-state index contributed by atoms with van der Waals surface area (Å²) in [6.07, 6.45) is 2.68. The lowest BCUT2D eigenvalue weighted by Crippen LogP contribution is -2.51. The van der Waals surface area contributed by atoms with Crippen molar-refractivity contribution in [2.24, 2.45) is 5.92 Å². The van der Waals surface area contributed by atoms with E-state index in [1.165, 1.54) is 12.8 Å². The van der Waals surface area contributed by atoms with E-state index in [2.05, 4.69) is 29.2 Å². The van der Waals surface area contributed by atoms with Crippen LogP contribution < -0.4 is 5.32 Å². The molecule has 0 aromatic rings. The molecule has 0 aromatic heterocycles. The summed E-state index contributed by atoms with van der Waals surface area (Å²) in [5, 5.41) is 3.28. The van der Waals surface area contributed by atoms with Crippen LogP contribution in [-0.2, 0) is 4.79 Å². The molecule has 0 atom stereocenters. The molecule has 2 fully saturated rings. The van der Waals surface area contributed by atoms with Gasteiger partial charge in [-0.3, -0.25) is 9.69 Å². The molecule has 1 saturated heterocycles. The van der Waals surface area contributed by atoms with Gasteiger partial charge in [0.2, 0.25) is 5.91 Å². The van der Waals surface area contributed by atoms with Crippen molar-refractivity contribution in [1.82, 2.24) is 20.0 Å². The zero-order valence-corrected chi connectivity index (χ0v) is 12.4. The topological polar surface area (TPSA) is 38.8 Å². The lowest BCUT2D eigenvalue weighted by atomic mass is 10.3. The number of likely N-dealkylation sites (N-methyl/N-ethyl adjacent to an activating group) is 1. The second-order valence-electron chi connectivity index (χ2n) is 6.10. The van der Waals surface area contributed by atoms with Crippen molar-refractivity contribution in [2.45, 2.75) is 12.8 Å². The Labute approximate surface area is 116 Å². The van der Waals surface area contributed by atoms with Crippen LogP contribution in [0.3, 0.4) is 0 Å². The number of piperazine rings is 1. The number of rotatable bonds is 7. The summed E-state index contributed by atoms with van der Waals surface area (Å²) in [4.78, 5) is 18.7. The fourth-order valence-electron chi connectivity index (χ4n) is 2.38. The third-order valence-corrected chi connectivity index (χ3v) is 3.99. The number of carbonyl (C=O) groups is 1. The summed E-state index contributed by atoms with van der Waals surface area (Å²) in [7, 11) is 4.20. The Bertz CT molecular complexity index is 283. The molecule has 5 nitrogen and oxygen atoms in total. The van der Waals surface area contributed by atoms with E-state index in [9.17, 15) is 4.79 Å². The predicted octanol–water partition coefficient (Wildman–Crippen LogP) is -0.308. The molecule has 1 aliphatic heterocycles. The van der Waals surface area contributed by atoms with Gasteiger partial charge in [-0.05, 0) is 39.4 Å². The molecule has 0 aromatic carbocycles. The highest BCUT2D eigenvalue weighted by atomic mass is 16.2. The molecular weight excluding hydrogens is 240 g/mol. The number of hydrogen-bond acceptors (Lipinski definition) is 4. The zero-order chi connectivity index (χ0) is 13.7. The summed E-state index contributed by atoms with van der Waals surface area (Å²) in [5.74, 6) is 1.11. The molecule has 1 saturated carbocycles. The van der Waals surface area contributed by atoms with E-state index in [0.717, 1.165) is 51.7 Å². The van der Waals surface area contributed by atoms with E-state index in [1.807, 2.05) is 4.90 Å². The second kappa shape index (κ2) is 7.22. The van der Waals surface area contributed by atoms with Crippen molar-refractivity contribution in [3.8, 4) is 0 Å². The van der Waals surface area contributed by atoms with Gasteiger partial charge in [-0.2, -0.15) is 0 Å². The molecule has 110 valence electrons. The number of nitrogens with zero attached hydrogens (tertiary/aromatic N) is 3. The van der Waals surface area contributed by atoms with Crippen molar-refractivity contribution in [3.05, 3.63) is 0 Å². The van der Waals surface area contributed by atoms with Crippen LogP contribution in [0.1, 0.15) is 12.8 Å². The molecule has 0 spiro atoms. The molecule has 5 heteroatoms. The van der Waals surface area contributed by atoms with Crippen molar-refractivity contribution in [1.29, 1.82) is 0 Å². The first-order valence-corrected chi connectivity index (χ1v) is 7.50. The van der Waals surface area contributed by atoms with E-state index >= 15 is 0 Å². The molecule has 2 aliphatic rings. The molecule has 1 heterocycles. The smallest absolute Gasteiger partial charge is 0.236 e. The summed E-state index contributed by atoms with van der Waals surface area (Å²) in [6.45, 7) is 7.55. The van der Waals surface area contributed by atoms with E-state index < -0.39 is 0 Å². The highest BCUT2D eigenvalue weighted by Crippen LogP contribution is 2.27. The Kier molecular flexibility index (Phi) is 5.60. The van der Waals surface area contributed by atoms with Crippen LogP contribution in [0.15, 0.2) is 0 Å². The van der Waals surface area contributed by atoms with Gasteiger partial charge in [0.1, 0.15) is 0 Å². The Morgan fingerprint density at radius 3 is 2.47 bits per heavy atom. The van der Waals surface area contributed by atoms with Crippen LogP contribution in [0.5, 0.6) is 0 Å². The molecule has 0 bridgehead atoms. The third kappa shape index (κ3) is 5.47. The highest BCUT2D eigenvalue weighted by molar-refractivity contribution is 5.78. The Morgan fingerprint density at radius 2 is 1.89 bits per heavy atom. The normalized spacial score (nSPS) is 21.1.